The van der Waals surface area contributed by atoms with Crippen molar-refractivity contribution in [2.24, 2.45) is 5.92 Å². The molecule has 0 heterocycles. The van der Waals surface area contributed by atoms with Crippen molar-refractivity contribution in [3.8, 4) is 0 Å². The van der Waals surface area contributed by atoms with Crippen LogP contribution < -0.4 is 5.48 Å². The summed E-state index contributed by atoms with van der Waals surface area (Å²) in [5.74, 6) is -2.59. The Morgan fingerprint density at radius 2 is 1.75 bits per heavy atom. The fourth-order valence-corrected chi connectivity index (χ4v) is 0.431. The molecule has 0 aliphatic heterocycles. The number of amides is 1. The lowest BCUT2D eigenvalue weighted by molar-refractivity contribution is -0.159. The summed E-state index contributed by atoms with van der Waals surface area (Å²) in [5, 5.41) is 0. The minimum Gasteiger partial charge on any atom is -0.341 e. The minimum absolute atomic E-state index is 0.402. The molecule has 0 aromatic rings. The minimum atomic E-state index is -0.903. The predicted octanol–water partition coefficient (Wildman–Crippen LogP) is -0.194. The van der Waals surface area contributed by atoms with Crippen LogP contribution in [0.5, 0.6) is 0 Å². The van der Waals surface area contributed by atoms with Gasteiger partial charge in [0.25, 0.3) is 0 Å². The van der Waals surface area contributed by atoms with Gasteiger partial charge in [0, 0.05) is 12.8 Å². The topological polar surface area (TPSA) is 72.5 Å². The van der Waals surface area contributed by atoms with E-state index < -0.39 is 23.6 Å². The molecule has 0 unspecified atom stereocenters. The molecule has 0 atom stereocenters. The first-order valence-electron chi connectivity index (χ1n) is 3.46. The highest BCUT2D eigenvalue weighted by molar-refractivity contribution is 6.36. The van der Waals surface area contributed by atoms with Crippen LogP contribution in [0.2, 0.25) is 0 Å². The van der Waals surface area contributed by atoms with E-state index in [1.54, 1.807) is 19.3 Å². The second-order valence-corrected chi connectivity index (χ2v) is 2.54. The molecule has 0 rings (SSSR count). The highest BCUT2D eigenvalue weighted by atomic mass is 16.7. The maximum atomic E-state index is 10.9. The Hall–Kier alpha value is -1.39. The van der Waals surface area contributed by atoms with Crippen LogP contribution in [0, 0.1) is 5.92 Å². The lowest BCUT2D eigenvalue weighted by Crippen LogP contribution is -2.34. The number of nitrogens with one attached hydrogen (secondary N) is 1. The zero-order chi connectivity index (χ0) is 9.72. The maximum Gasteiger partial charge on any atom is 0.329 e. The van der Waals surface area contributed by atoms with E-state index in [1.807, 2.05) is 0 Å². The molecule has 0 saturated carbocycles. The molecule has 0 aliphatic rings. The van der Waals surface area contributed by atoms with Gasteiger partial charge in [-0.3, -0.25) is 14.4 Å². The van der Waals surface area contributed by atoms with Crippen molar-refractivity contribution in [2.45, 2.75) is 20.8 Å². The van der Waals surface area contributed by atoms with E-state index in [0.717, 1.165) is 6.92 Å². The van der Waals surface area contributed by atoms with Crippen LogP contribution in [-0.4, -0.2) is 17.7 Å². The average Bonchev–Trinajstić information content (AvgIpc) is 1.98. The highest BCUT2D eigenvalue weighted by Crippen LogP contribution is 1.93. The van der Waals surface area contributed by atoms with Crippen LogP contribution in [0.1, 0.15) is 20.8 Å². The van der Waals surface area contributed by atoms with Gasteiger partial charge >= 0.3 is 11.9 Å². The predicted molar refractivity (Wildman–Crippen MR) is 39.8 cm³/mol. The lowest BCUT2D eigenvalue weighted by atomic mass is 10.1. The fraction of sp³-hybridized carbons (Fsp3) is 0.571. The van der Waals surface area contributed by atoms with Crippen LogP contribution in [-0.2, 0) is 19.2 Å². The van der Waals surface area contributed by atoms with Gasteiger partial charge in [-0.1, -0.05) is 13.8 Å². The number of hydrogen-bond donors (Lipinski definition) is 1. The third kappa shape index (κ3) is 3.70. The standard InChI is InChI=1S/C7H11NO4/c1-4(2)6(10)7(11)8-12-5(3)9/h4H,1-3H3,(H,8,11). The second kappa shape index (κ2) is 4.48. The Kier molecular flexibility index (Phi) is 3.96. The van der Waals surface area contributed by atoms with E-state index in [2.05, 4.69) is 4.84 Å². The first-order chi connectivity index (χ1) is 5.45. The summed E-state index contributed by atoms with van der Waals surface area (Å²) in [7, 11) is 0. The molecule has 0 bridgehead atoms. The first-order valence-corrected chi connectivity index (χ1v) is 3.46. The van der Waals surface area contributed by atoms with Crippen molar-refractivity contribution >= 4 is 17.7 Å². The molecule has 5 heteroatoms. The number of ketones is 1. The van der Waals surface area contributed by atoms with Gasteiger partial charge in [-0.25, -0.2) is 0 Å². The molecule has 0 saturated heterocycles. The van der Waals surface area contributed by atoms with E-state index in [4.69, 9.17) is 0 Å². The molecule has 1 N–H and O–H groups in total. The zero-order valence-corrected chi connectivity index (χ0v) is 7.21. The van der Waals surface area contributed by atoms with Crippen molar-refractivity contribution in [3.05, 3.63) is 0 Å². The SMILES string of the molecule is CC(=O)ONC(=O)C(=O)C(C)C. The number of carbonyl (C=O) groups is 3. The van der Waals surface area contributed by atoms with Gasteiger partial charge in [-0.15, -0.1) is 0 Å². The fourth-order valence-electron chi connectivity index (χ4n) is 0.431. The number of rotatable bonds is 2. The Balaban J connectivity index is 3.89. The van der Waals surface area contributed by atoms with Gasteiger partial charge in [-0.2, -0.15) is 5.48 Å². The van der Waals surface area contributed by atoms with Gasteiger partial charge in [0.15, 0.2) is 0 Å². The summed E-state index contributed by atoms with van der Waals surface area (Å²) >= 11 is 0. The summed E-state index contributed by atoms with van der Waals surface area (Å²) in [4.78, 5) is 35.9. The van der Waals surface area contributed by atoms with E-state index in [0.29, 0.717) is 0 Å². The summed E-state index contributed by atoms with van der Waals surface area (Å²) < 4.78 is 0. The Morgan fingerprint density at radius 1 is 1.25 bits per heavy atom. The van der Waals surface area contributed by atoms with E-state index in [1.165, 1.54) is 0 Å². The van der Waals surface area contributed by atoms with Gasteiger partial charge in [0.05, 0.1) is 0 Å². The van der Waals surface area contributed by atoms with Crippen LogP contribution >= 0.6 is 0 Å². The molecule has 68 valence electrons. The first kappa shape index (κ1) is 10.6. The van der Waals surface area contributed by atoms with Gasteiger partial charge in [0.2, 0.25) is 5.78 Å². The summed E-state index contributed by atoms with van der Waals surface area (Å²) in [6.45, 7) is 4.28. The van der Waals surface area contributed by atoms with Crippen LogP contribution in [0.15, 0.2) is 0 Å². The largest absolute Gasteiger partial charge is 0.341 e. The molecule has 0 fully saturated rings. The van der Waals surface area contributed by atoms with E-state index >= 15 is 0 Å². The molecule has 1 amide bonds. The van der Waals surface area contributed by atoms with Gasteiger partial charge in [0.1, 0.15) is 0 Å². The third-order valence-electron chi connectivity index (χ3n) is 1.04. The number of hydrogen-bond acceptors (Lipinski definition) is 4. The van der Waals surface area contributed by atoms with Crippen molar-refractivity contribution in [2.75, 3.05) is 0 Å². The normalized spacial score (nSPS) is 9.33. The quantitative estimate of drug-likeness (QED) is 0.464. The molecular formula is C7H11NO4. The highest BCUT2D eigenvalue weighted by Gasteiger charge is 2.17. The smallest absolute Gasteiger partial charge is 0.329 e. The van der Waals surface area contributed by atoms with Crippen LogP contribution in [0.3, 0.4) is 0 Å². The van der Waals surface area contributed by atoms with Crippen molar-refractivity contribution in [1.29, 1.82) is 0 Å². The van der Waals surface area contributed by atoms with Crippen molar-refractivity contribution in [1.82, 2.24) is 5.48 Å². The number of Topliss-reactive ketones (excluding diaryl/α,β-unsaturated/α-hetero) is 1. The van der Waals surface area contributed by atoms with Crippen LogP contribution in [0.25, 0.3) is 0 Å². The zero-order valence-electron chi connectivity index (χ0n) is 7.21. The Morgan fingerprint density at radius 3 is 2.08 bits per heavy atom. The molecule has 0 spiro atoms. The number of carbonyl (C=O) groups excluding carboxylic acids is 3. The Labute approximate surface area is 70.0 Å². The molecule has 0 aromatic heterocycles. The van der Waals surface area contributed by atoms with Crippen molar-refractivity contribution in [3.63, 3.8) is 0 Å². The van der Waals surface area contributed by atoms with E-state index in [9.17, 15) is 14.4 Å². The third-order valence-corrected chi connectivity index (χ3v) is 1.04. The van der Waals surface area contributed by atoms with E-state index in [-0.39, 0.29) is 0 Å². The maximum absolute atomic E-state index is 10.9. The summed E-state index contributed by atoms with van der Waals surface area (Å²) in [6.07, 6.45) is 0. The summed E-state index contributed by atoms with van der Waals surface area (Å²) in [5.41, 5.74) is 1.73. The van der Waals surface area contributed by atoms with Crippen molar-refractivity contribution < 1.29 is 19.2 Å². The van der Waals surface area contributed by atoms with Gasteiger partial charge < -0.3 is 4.84 Å². The Bertz CT molecular complexity index is 209. The molecule has 0 aromatic carbocycles. The molecule has 0 aliphatic carbocycles. The van der Waals surface area contributed by atoms with Crippen LogP contribution in [0.4, 0.5) is 0 Å². The molecule has 0 radical (unpaired) electrons. The summed E-state index contributed by atoms with van der Waals surface area (Å²) in [6, 6.07) is 0. The second-order valence-electron chi connectivity index (χ2n) is 2.54. The molecule has 12 heavy (non-hydrogen) atoms. The molecule has 5 nitrogen and oxygen atoms in total. The van der Waals surface area contributed by atoms with Gasteiger partial charge in [-0.05, 0) is 0 Å². The number of hydroxylamine groups is 1. The lowest BCUT2D eigenvalue weighted by Gasteiger charge is -2.03. The average molecular weight is 173 g/mol. The monoisotopic (exact) mass is 173 g/mol. The molecular weight excluding hydrogens is 162 g/mol.